The summed E-state index contributed by atoms with van der Waals surface area (Å²) in [5.41, 5.74) is 1.59. The van der Waals surface area contributed by atoms with Crippen LogP contribution in [0.2, 0.25) is 10.0 Å². The minimum atomic E-state index is -0.333. The van der Waals surface area contributed by atoms with Gasteiger partial charge in [0.05, 0.1) is 17.4 Å². The van der Waals surface area contributed by atoms with E-state index in [-0.39, 0.29) is 25.1 Å². The van der Waals surface area contributed by atoms with Crippen molar-refractivity contribution in [2.45, 2.75) is 18.1 Å². The average molecular weight is 385 g/mol. The van der Waals surface area contributed by atoms with Crippen LogP contribution in [-0.4, -0.2) is 18.5 Å². The number of thioether (sulfide) groups is 1. The zero-order valence-electron chi connectivity index (χ0n) is 12.6. The third-order valence-corrected chi connectivity index (χ3v) is 5.03. The molecule has 1 aliphatic heterocycles. The van der Waals surface area contributed by atoms with Crippen LogP contribution in [0.3, 0.4) is 0 Å². The highest BCUT2D eigenvalue weighted by Gasteiger charge is 2.17. The number of ether oxygens (including phenoxy) is 3. The van der Waals surface area contributed by atoms with Crippen molar-refractivity contribution in [2.24, 2.45) is 0 Å². The van der Waals surface area contributed by atoms with Crippen LogP contribution in [0.5, 0.6) is 5.75 Å². The zero-order chi connectivity index (χ0) is 16.9. The van der Waals surface area contributed by atoms with Gasteiger partial charge in [0.15, 0.2) is 6.79 Å². The van der Waals surface area contributed by atoms with Gasteiger partial charge in [0.1, 0.15) is 12.4 Å². The second-order valence-electron chi connectivity index (χ2n) is 5.04. The SMILES string of the molecule is O=C(CSc1ccccc1Cl)OCc1cc(Cl)cc2c1OCOC2. The molecular formula is C17H14Cl2O4S. The fourth-order valence-corrected chi connectivity index (χ4v) is 3.56. The van der Waals surface area contributed by atoms with Crippen LogP contribution in [0.4, 0.5) is 0 Å². The molecule has 2 aromatic carbocycles. The number of fused-ring (bicyclic) bond motifs is 1. The topological polar surface area (TPSA) is 44.8 Å². The summed E-state index contributed by atoms with van der Waals surface area (Å²) >= 11 is 13.5. The summed E-state index contributed by atoms with van der Waals surface area (Å²) in [6, 6.07) is 10.9. The zero-order valence-corrected chi connectivity index (χ0v) is 14.9. The fraction of sp³-hybridized carbons (Fsp3) is 0.235. The van der Waals surface area contributed by atoms with Gasteiger partial charge in [-0.25, -0.2) is 0 Å². The lowest BCUT2D eigenvalue weighted by Gasteiger charge is -2.21. The number of hydrogen-bond donors (Lipinski definition) is 0. The Balaban J connectivity index is 1.59. The normalized spacial score (nSPS) is 13.1. The Labute approximate surface area is 154 Å². The first kappa shape index (κ1) is 17.4. The molecular weight excluding hydrogens is 371 g/mol. The minimum absolute atomic E-state index is 0.102. The van der Waals surface area contributed by atoms with E-state index in [1.807, 2.05) is 18.2 Å². The smallest absolute Gasteiger partial charge is 0.316 e. The predicted molar refractivity (Wildman–Crippen MR) is 93.7 cm³/mol. The van der Waals surface area contributed by atoms with Crippen LogP contribution in [0, 0.1) is 0 Å². The highest BCUT2D eigenvalue weighted by atomic mass is 35.5. The van der Waals surface area contributed by atoms with Gasteiger partial charge >= 0.3 is 5.97 Å². The lowest BCUT2D eigenvalue weighted by molar-refractivity contribution is -0.141. The maximum Gasteiger partial charge on any atom is 0.316 e. The van der Waals surface area contributed by atoms with Crippen molar-refractivity contribution in [2.75, 3.05) is 12.5 Å². The van der Waals surface area contributed by atoms with Crippen molar-refractivity contribution in [3.63, 3.8) is 0 Å². The standard InChI is InChI=1S/C17H14Cl2O4S/c18-13-5-11-7-21-10-23-17(11)12(6-13)8-22-16(20)9-24-15-4-2-1-3-14(15)19/h1-6H,7-10H2. The maximum absolute atomic E-state index is 12.0. The largest absolute Gasteiger partial charge is 0.467 e. The molecule has 0 spiro atoms. The number of hydrogen-bond acceptors (Lipinski definition) is 5. The predicted octanol–water partition coefficient (Wildman–Crippen LogP) is 4.70. The van der Waals surface area contributed by atoms with Gasteiger partial charge in [0.2, 0.25) is 0 Å². The van der Waals surface area contributed by atoms with E-state index >= 15 is 0 Å². The molecule has 1 aliphatic rings. The van der Waals surface area contributed by atoms with Crippen molar-refractivity contribution in [1.82, 2.24) is 0 Å². The van der Waals surface area contributed by atoms with Crippen LogP contribution in [-0.2, 0) is 27.5 Å². The van der Waals surface area contributed by atoms with E-state index in [4.69, 9.17) is 37.4 Å². The molecule has 0 saturated heterocycles. The molecule has 1 heterocycles. The Morgan fingerprint density at radius 3 is 2.92 bits per heavy atom. The number of carbonyl (C=O) groups excluding carboxylic acids is 1. The van der Waals surface area contributed by atoms with Gasteiger partial charge in [0, 0.05) is 21.0 Å². The number of halogens is 2. The Morgan fingerprint density at radius 2 is 2.08 bits per heavy atom. The first-order valence-electron chi connectivity index (χ1n) is 7.18. The molecule has 4 nitrogen and oxygen atoms in total. The van der Waals surface area contributed by atoms with Gasteiger partial charge in [0.25, 0.3) is 0 Å². The van der Waals surface area contributed by atoms with E-state index in [0.29, 0.717) is 22.4 Å². The van der Waals surface area contributed by atoms with Crippen LogP contribution in [0.25, 0.3) is 0 Å². The highest BCUT2D eigenvalue weighted by molar-refractivity contribution is 8.00. The second-order valence-corrected chi connectivity index (χ2v) is 6.90. The monoisotopic (exact) mass is 384 g/mol. The van der Waals surface area contributed by atoms with Crippen LogP contribution in [0.1, 0.15) is 11.1 Å². The van der Waals surface area contributed by atoms with E-state index in [1.165, 1.54) is 11.8 Å². The van der Waals surface area contributed by atoms with Crippen molar-refractivity contribution in [3.8, 4) is 5.75 Å². The van der Waals surface area contributed by atoms with Crippen molar-refractivity contribution in [1.29, 1.82) is 0 Å². The maximum atomic E-state index is 12.0. The molecule has 3 rings (SSSR count). The first-order valence-corrected chi connectivity index (χ1v) is 8.92. The average Bonchev–Trinajstić information content (AvgIpc) is 2.58. The molecule has 0 aliphatic carbocycles. The first-order chi connectivity index (χ1) is 11.6. The molecule has 0 N–H and O–H groups in total. The molecule has 24 heavy (non-hydrogen) atoms. The lowest BCUT2D eigenvalue weighted by atomic mass is 10.1. The molecule has 0 radical (unpaired) electrons. The summed E-state index contributed by atoms with van der Waals surface area (Å²) in [7, 11) is 0. The van der Waals surface area contributed by atoms with Crippen LogP contribution in [0.15, 0.2) is 41.3 Å². The number of rotatable bonds is 5. The van der Waals surface area contributed by atoms with Gasteiger partial charge in [-0.05, 0) is 24.3 Å². The number of carbonyl (C=O) groups is 1. The van der Waals surface area contributed by atoms with Gasteiger partial charge in [-0.1, -0.05) is 35.3 Å². The second kappa shape index (κ2) is 8.12. The minimum Gasteiger partial charge on any atom is -0.467 e. The van der Waals surface area contributed by atoms with Crippen molar-refractivity contribution in [3.05, 3.63) is 57.6 Å². The van der Waals surface area contributed by atoms with Gasteiger partial charge in [-0.2, -0.15) is 0 Å². The van der Waals surface area contributed by atoms with Gasteiger partial charge in [-0.3, -0.25) is 4.79 Å². The highest BCUT2D eigenvalue weighted by Crippen LogP contribution is 2.32. The van der Waals surface area contributed by atoms with Gasteiger partial charge < -0.3 is 14.2 Å². The van der Waals surface area contributed by atoms with Gasteiger partial charge in [-0.15, -0.1) is 11.8 Å². The van der Waals surface area contributed by atoms with E-state index in [2.05, 4.69) is 0 Å². The van der Waals surface area contributed by atoms with Crippen LogP contribution < -0.4 is 4.74 Å². The summed E-state index contributed by atoms with van der Waals surface area (Å²) in [4.78, 5) is 12.8. The van der Waals surface area contributed by atoms with E-state index in [1.54, 1.807) is 18.2 Å². The van der Waals surface area contributed by atoms with E-state index < -0.39 is 0 Å². The Hall–Kier alpha value is -1.40. The number of benzene rings is 2. The molecule has 7 heteroatoms. The van der Waals surface area contributed by atoms with Crippen molar-refractivity contribution < 1.29 is 19.0 Å². The molecule has 0 aromatic heterocycles. The Bertz CT molecular complexity index is 751. The van der Waals surface area contributed by atoms with E-state index in [9.17, 15) is 4.79 Å². The third-order valence-electron chi connectivity index (χ3n) is 3.32. The molecule has 0 unspecified atom stereocenters. The molecule has 0 bridgehead atoms. The summed E-state index contributed by atoms with van der Waals surface area (Å²) in [6.07, 6.45) is 0. The molecule has 0 amide bonds. The number of esters is 1. The van der Waals surface area contributed by atoms with Crippen molar-refractivity contribution >= 4 is 40.9 Å². The molecule has 0 atom stereocenters. The summed E-state index contributed by atoms with van der Waals surface area (Å²) < 4.78 is 16.0. The lowest BCUT2D eigenvalue weighted by Crippen LogP contribution is -2.14. The van der Waals surface area contributed by atoms with Crippen LogP contribution >= 0.6 is 35.0 Å². The summed E-state index contributed by atoms with van der Waals surface area (Å²) in [5, 5.41) is 1.17. The molecule has 126 valence electrons. The molecule has 0 saturated carbocycles. The van der Waals surface area contributed by atoms with E-state index in [0.717, 1.165) is 16.0 Å². The fourth-order valence-electron chi connectivity index (χ4n) is 2.26. The quantitative estimate of drug-likeness (QED) is 0.552. The molecule has 2 aromatic rings. The Morgan fingerprint density at radius 1 is 1.25 bits per heavy atom. The molecule has 0 fully saturated rings. The summed E-state index contributed by atoms with van der Waals surface area (Å²) in [6.45, 7) is 0.710. The summed E-state index contributed by atoms with van der Waals surface area (Å²) in [5.74, 6) is 0.522. The third kappa shape index (κ3) is 4.36. The Kier molecular flexibility index (Phi) is 5.89.